The van der Waals surface area contributed by atoms with Crippen molar-refractivity contribution in [2.45, 2.75) is 12.8 Å². The molecule has 0 heterocycles. The van der Waals surface area contributed by atoms with Gasteiger partial charge in [-0.1, -0.05) is 35.9 Å². The molecule has 0 radical (unpaired) electrons. The summed E-state index contributed by atoms with van der Waals surface area (Å²) in [7, 11) is 0. The van der Waals surface area contributed by atoms with E-state index >= 15 is 0 Å². The van der Waals surface area contributed by atoms with E-state index in [4.69, 9.17) is 11.6 Å². The fourth-order valence-electron chi connectivity index (χ4n) is 2.28. The SMILES string of the molecule is O=C(NN=C1Cc2ccccc2C1)c1ccc(Cl)cc1. The molecule has 2 aromatic carbocycles. The summed E-state index contributed by atoms with van der Waals surface area (Å²) >= 11 is 5.79. The number of hydrogen-bond acceptors (Lipinski definition) is 2. The number of benzene rings is 2. The van der Waals surface area contributed by atoms with Gasteiger partial charge in [-0.05, 0) is 35.4 Å². The molecule has 0 saturated carbocycles. The highest BCUT2D eigenvalue weighted by atomic mass is 35.5. The van der Waals surface area contributed by atoms with Crippen molar-refractivity contribution >= 4 is 23.2 Å². The minimum Gasteiger partial charge on any atom is -0.267 e. The summed E-state index contributed by atoms with van der Waals surface area (Å²) < 4.78 is 0. The van der Waals surface area contributed by atoms with Crippen molar-refractivity contribution in [3.8, 4) is 0 Å². The van der Waals surface area contributed by atoms with Crippen LogP contribution >= 0.6 is 11.6 Å². The van der Waals surface area contributed by atoms with Gasteiger partial charge in [-0.2, -0.15) is 5.10 Å². The summed E-state index contributed by atoms with van der Waals surface area (Å²) in [4.78, 5) is 11.9. The number of halogens is 1. The molecule has 1 aliphatic rings. The molecule has 20 heavy (non-hydrogen) atoms. The Morgan fingerprint density at radius 3 is 2.20 bits per heavy atom. The Hall–Kier alpha value is -2.13. The molecule has 4 heteroatoms. The van der Waals surface area contributed by atoms with E-state index in [0.29, 0.717) is 10.6 Å². The molecule has 0 atom stereocenters. The van der Waals surface area contributed by atoms with Crippen molar-refractivity contribution in [1.82, 2.24) is 5.43 Å². The molecule has 0 aliphatic heterocycles. The number of nitrogens with one attached hydrogen (secondary N) is 1. The Kier molecular flexibility index (Phi) is 3.52. The first-order valence-corrected chi connectivity index (χ1v) is 6.78. The van der Waals surface area contributed by atoms with Crippen molar-refractivity contribution in [2.75, 3.05) is 0 Å². The van der Waals surface area contributed by atoms with Gasteiger partial charge in [-0.3, -0.25) is 4.79 Å². The van der Waals surface area contributed by atoms with Crippen LogP contribution < -0.4 is 5.43 Å². The average Bonchev–Trinajstić information content (AvgIpc) is 2.88. The Bertz CT molecular complexity index is 650. The van der Waals surface area contributed by atoms with Gasteiger partial charge in [-0.15, -0.1) is 0 Å². The smallest absolute Gasteiger partial charge is 0.267 e. The normalized spacial score (nSPS) is 12.9. The second-order valence-corrected chi connectivity index (χ2v) is 5.18. The highest BCUT2D eigenvalue weighted by molar-refractivity contribution is 6.30. The molecule has 0 saturated heterocycles. The lowest BCUT2D eigenvalue weighted by Gasteiger charge is -2.01. The quantitative estimate of drug-likeness (QED) is 0.845. The van der Waals surface area contributed by atoms with Crippen LogP contribution in [0.1, 0.15) is 21.5 Å². The van der Waals surface area contributed by atoms with Crippen molar-refractivity contribution in [2.24, 2.45) is 5.10 Å². The number of hydrogen-bond donors (Lipinski definition) is 1. The van der Waals surface area contributed by atoms with Gasteiger partial charge in [0.1, 0.15) is 0 Å². The van der Waals surface area contributed by atoms with E-state index < -0.39 is 0 Å². The molecule has 0 spiro atoms. The van der Waals surface area contributed by atoms with Gasteiger partial charge >= 0.3 is 0 Å². The lowest BCUT2D eigenvalue weighted by molar-refractivity contribution is 0.0954. The molecule has 2 aromatic rings. The van der Waals surface area contributed by atoms with E-state index in [1.165, 1.54) is 11.1 Å². The first kappa shape index (κ1) is 12.9. The molecular weight excluding hydrogens is 272 g/mol. The van der Waals surface area contributed by atoms with Crippen LogP contribution in [0.2, 0.25) is 5.02 Å². The zero-order valence-corrected chi connectivity index (χ0v) is 11.5. The molecule has 3 rings (SSSR count). The molecule has 1 amide bonds. The van der Waals surface area contributed by atoms with Crippen LogP contribution in [0.15, 0.2) is 53.6 Å². The number of nitrogens with zero attached hydrogens (tertiary/aromatic N) is 1. The van der Waals surface area contributed by atoms with E-state index in [1.807, 2.05) is 12.1 Å². The molecule has 0 aromatic heterocycles. The van der Waals surface area contributed by atoms with Gasteiger partial charge in [0.25, 0.3) is 5.91 Å². The van der Waals surface area contributed by atoms with E-state index in [0.717, 1.165) is 18.6 Å². The molecule has 0 unspecified atom stereocenters. The third-order valence-corrected chi connectivity index (χ3v) is 3.58. The summed E-state index contributed by atoms with van der Waals surface area (Å²) in [6.45, 7) is 0. The molecule has 0 bridgehead atoms. The van der Waals surface area contributed by atoms with E-state index in [2.05, 4.69) is 22.7 Å². The maximum absolute atomic E-state index is 11.9. The summed E-state index contributed by atoms with van der Waals surface area (Å²) in [6.07, 6.45) is 1.61. The third-order valence-electron chi connectivity index (χ3n) is 3.33. The Balaban J connectivity index is 1.67. The van der Waals surface area contributed by atoms with Gasteiger partial charge < -0.3 is 0 Å². The third kappa shape index (κ3) is 2.73. The molecule has 0 fully saturated rings. The molecule has 1 aliphatic carbocycles. The number of fused-ring (bicyclic) bond motifs is 1. The van der Waals surface area contributed by atoms with E-state index in [1.54, 1.807) is 24.3 Å². The van der Waals surface area contributed by atoms with Gasteiger partial charge in [0, 0.05) is 29.1 Å². The first-order chi connectivity index (χ1) is 9.72. The van der Waals surface area contributed by atoms with Crippen molar-refractivity contribution in [3.63, 3.8) is 0 Å². The van der Waals surface area contributed by atoms with Crippen molar-refractivity contribution in [3.05, 3.63) is 70.2 Å². The summed E-state index contributed by atoms with van der Waals surface area (Å²) in [5.74, 6) is -0.217. The maximum atomic E-state index is 11.9. The van der Waals surface area contributed by atoms with Gasteiger partial charge in [0.05, 0.1) is 0 Å². The molecular formula is C16H13ClN2O. The molecule has 1 N–H and O–H groups in total. The number of amides is 1. The minimum atomic E-state index is -0.217. The predicted octanol–water partition coefficient (Wildman–Crippen LogP) is 3.22. The maximum Gasteiger partial charge on any atom is 0.271 e. The zero-order chi connectivity index (χ0) is 13.9. The fourth-order valence-corrected chi connectivity index (χ4v) is 2.41. The monoisotopic (exact) mass is 284 g/mol. The topological polar surface area (TPSA) is 41.5 Å². The van der Waals surface area contributed by atoms with Crippen LogP contribution in [-0.4, -0.2) is 11.6 Å². The number of carbonyl (C=O) groups is 1. The summed E-state index contributed by atoms with van der Waals surface area (Å²) in [5.41, 5.74) is 6.70. The van der Waals surface area contributed by atoms with Crippen LogP contribution in [0.3, 0.4) is 0 Å². The highest BCUT2D eigenvalue weighted by Gasteiger charge is 2.16. The second kappa shape index (κ2) is 5.47. The Labute approximate surface area is 122 Å². The standard InChI is InChI=1S/C16H13ClN2O/c17-14-7-5-11(6-8-14)16(20)19-18-15-9-12-3-1-2-4-13(12)10-15/h1-8H,9-10H2,(H,19,20). The predicted molar refractivity (Wildman–Crippen MR) is 80.2 cm³/mol. The van der Waals surface area contributed by atoms with Gasteiger partial charge in [0.15, 0.2) is 0 Å². The largest absolute Gasteiger partial charge is 0.271 e. The zero-order valence-electron chi connectivity index (χ0n) is 10.8. The van der Waals surface area contributed by atoms with Crippen LogP contribution in [0.5, 0.6) is 0 Å². The first-order valence-electron chi connectivity index (χ1n) is 6.40. The number of carbonyl (C=O) groups excluding carboxylic acids is 1. The summed E-state index contributed by atoms with van der Waals surface area (Å²) in [5, 5.41) is 4.83. The number of hydrazone groups is 1. The average molecular weight is 285 g/mol. The summed E-state index contributed by atoms with van der Waals surface area (Å²) in [6, 6.07) is 15.0. The van der Waals surface area contributed by atoms with Gasteiger partial charge in [-0.25, -0.2) is 5.43 Å². The number of rotatable bonds is 2. The van der Waals surface area contributed by atoms with Crippen molar-refractivity contribution < 1.29 is 4.79 Å². The Morgan fingerprint density at radius 1 is 1.00 bits per heavy atom. The molecule has 3 nitrogen and oxygen atoms in total. The van der Waals surface area contributed by atoms with E-state index in [9.17, 15) is 4.79 Å². The lowest BCUT2D eigenvalue weighted by Crippen LogP contribution is -2.19. The van der Waals surface area contributed by atoms with Gasteiger partial charge in [0.2, 0.25) is 0 Å². The minimum absolute atomic E-state index is 0.217. The highest BCUT2D eigenvalue weighted by Crippen LogP contribution is 2.19. The van der Waals surface area contributed by atoms with Crippen LogP contribution in [0.25, 0.3) is 0 Å². The van der Waals surface area contributed by atoms with Crippen LogP contribution in [-0.2, 0) is 12.8 Å². The van der Waals surface area contributed by atoms with Crippen LogP contribution in [0.4, 0.5) is 0 Å². The van der Waals surface area contributed by atoms with E-state index in [-0.39, 0.29) is 5.91 Å². The van der Waals surface area contributed by atoms with Crippen molar-refractivity contribution in [1.29, 1.82) is 0 Å². The van der Waals surface area contributed by atoms with Crippen LogP contribution in [0, 0.1) is 0 Å². The molecule has 100 valence electrons. The second-order valence-electron chi connectivity index (χ2n) is 4.75. The fraction of sp³-hybridized carbons (Fsp3) is 0.125. The lowest BCUT2D eigenvalue weighted by atomic mass is 10.1. The Morgan fingerprint density at radius 2 is 1.60 bits per heavy atom.